The molecule has 1 amide bonds. The van der Waals surface area contributed by atoms with Crippen molar-refractivity contribution in [2.75, 3.05) is 6.54 Å². The monoisotopic (exact) mass is 243 g/mol. The minimum Gasteiger partial charge on any atom is -0.466 e. The van der Waals surface area contributed by atoms with Crippen molar-refractivity contribution in [3.05, 3.63) is 23.2 Å². The van der Waals surface area contributed by atoms with Crippen LogP contribution in [-0.2, 0) is 0 Å². The van der Waals surface area contributed by atoms with E-state index in [4.69, 9.17) is 16.0 Å². The number of aryl methyl sites for hydroxylation is 2. The van der Waals surface area contributed by atoms with E-state index in [9.17, 15) is 4.79 Å². The number of carbonyl (C=O) groups excluding carboxylic acids is 1. The van der Waals surface area contributed by atoms with Crippen molar-refractivity contribution >= 4 is 17.5 Å². The maximum atomic E-state index is 11.7. The molecule has 0 spiro atoms. The molecule has 3 nitrogen and oxygen atoms in total. The summed E-state index contributed by atoms with van der Waals surface area (Å²) in [6.45, 7) is 6.25. The van der Waals surface area contributed by atoms with E-state index in [0.717, 1.165) is 18.6 Å². The second-order valence-electron chi connectivity index (χ2n) is 3.88. The molecule has 0 bridgehead atoms. The first-order valence-corrected chi connectivity index (χ1v) is 5.97. The highest BCUT2D eigenvalue weighted by atomic mass is 35.5. The lowest BCUT2D eigenvalue weighted by Crippen LogP contribution is -2.26. The van der Waals surface area contributed by atoms with Gasteiger partial charge in [0, 0.05) is 11.9 Å². The number of rotatable bonds is 5. The Labute approximate surface area is 101 Å². The first kappa shape index (κ1) is 13.1. The number of hydrogen-bond acceptors (Lipinski definition) is 2. The summed E-state index contributed by atoms with van der Waals surface area (Å²) >= 11 is 5.96. The van der Waals surface area contributed by atoms with Crippen LogP contribution in [0.25, 0.3) is 0 Å². The van der Waals surface area contributed by atoms with Gasteiger partial charge in [-0.2, -0.15) is 0 Å². The minimum absolute atomic E-state index is 0.0886. The maximum absolute atomic E-state index is 11.7. The molecule has 0 saturated heterocycles. The van der Waals surface area contributed by atoms with E-state index in [-0.39, 0.29) is 11.3 Å². The molecule has 0 aliphatic carbocycles. The van der Waals surface area contributed by atoms with Crippen LogP contribution in [-0.4, -0.2) is 17.8 Å². The number of halogens is 1. The van der Waals surface area contributed by atoms with Crippen molar-refractivity contribution < 1.29 is 9.21 Å². The average Bonchev–Trinajstić information content (AvgIpc) is 2.57. The molecule has 1 N–H and O–H groups in total. The molecule has 1 heterocycles. The Hall–Kier alpha value is -0.960. The van der Waals surface area contributed by atoms with Crippen LogP contribution in [0.4, 0.5) is 0 Å². The highest BCUT2D eigenvalue weighted by Gasteiger charge is 2.13. The number of alkyl halides is 1. The smallest absolute Gasteiger partial charge is 0.254 e. The average molecular weight is 244 g/mol. The molecular formula is C12H18ClNO2. The predicted octanol–water partition coefficient (Wildman–Crippen LogP) is 3.03. The van der Waals surface area contributed by atoms with E-state index in [1.165, 1.54) is 0 Å². The number of nitrogens with one attached hydrogen (secondary N) is 1. The molecule has 1 aromatic rings. The first-order chi connectivity index (χ1) is 7.54. The summed E-state index contributed by atoms with van der Waals surface area (Å²) < 4.78 is 5.30. The zero-order chi connectivity index (χ0) is 12.1. The Morgan fingerprint density at radius 1 is 1.56 bits per heavy atom. The van der Waals surface area contributed by atoms with E-state index in [0.29, 0.717) is 17.9 Å². The number of hydrogen-bond donors (Lipinski definition) is 1. The summed E-state index contributed by atoms with van der Waals surface area (Å²) in [6.07, 6.45) is 1.71. The van der Waals surface area contributed by atoms with Crippen molar-refractivity contribution in [1.82, 2.24) is 5.32 Å². The molecular weight excluding hydrogens is 226 g/mol. The van der Waals surface area contributed by atoms with Crippen molar-refractivity contribution in [2.24, 2.45) is 0 Å². The van der Waals surface area contributed by atoms with Crippen LogP contribution in [0, 0.1) is 13.8 Å². The van der Waals surface area contributed by atoms with Gasteiger partial charge >= 0.3 is 0 Å². The van der Waals surface area contributed by atoms with Crippen molar-refractivity contribution in [2.45, 2.75) is 39.0 Å². The van der Waals surface area contributed by atoms with E-state index >= 15 is 0 Å². The van der Waals surface area contributed by atoms with Crippen LogP contribution in [0.5, 0.6) is 0 Å². The van der Waals surface area contributed by atoms with Crippen molar-refractivity contribution in [3.8, 4) is 0 Å². The third-order valence-electron chi connectivity index (χ3n) is 2.47. The number of furan rings is 1. The van der Waals surface area contributed by atoms with Gasteiger partial charge in [-0.05, 0) is 32.8 Å². The molecule has 4 heteroatoms. The van der Waals surface area contributed by atoms with Crippen LogP contribution in [0.15, 0.2) is 10.5 Å². The van der Waals surface area contributed by atoms with Gasteiger partial charge in [0.2, 0.25) is 0 Å². The van der Waals surface area contributed by atoms with Crippen molar-refractivity contribution in [3.63, 3.8) is 0 Å². The van der Waals surface area contributed by atoms with Gasteiger partial charge in [-0.1, -0.05) is 6.92 Å². The van der Waals surface area contributed by atoms with Gasteiger partial charge in [0.1, 0.15) is 11.5 Å². The summed E-state index contributed by atoms with van der Waals surface area (Å²) in [7, 11) is 0. The van der Waals surface area contributed by atoms with Gasteiger partial charge in [-0.15, -0.1) is 11.6 Å². The van der Waals surface area contributed by atoms with Gasteiger partial charge in [0.05, 0.1) is 5.56 Å². The molecule has 1 aromatic heterocycles. The van der Waals surface area contributed by atoms with Gasteiger partial charge in [-0.25, -0.2) is 0 Å². The summed E-state index contributed by atoms with van der Waals surface area (Å²) in [4.78, 5) is 11.7. The van der Waals surface area contributed by atoms with Gasteiger partial charge in [0.25, 0.3) is 5.91 Å². The first-order valence-electron chi connectivity index (χ1n) is 5.54. The molecule has 16 heavy (non-hydrogen) atoms. The molecule has 1 unspecified atom stereocenters. The van der Waals surface area contributed by atoms with Crippen LogP contribution in [0.3, 0.4) is 0 Å². The van der Waals surface area contributed by atoms with Crippen LogP contribution in [0.1, 0.15) is 41.6 Å². The third kappa shape index (κ3) is 3.56. The highest BCUT2D eigenvalue weighted by molar-refractivity contribution is 6.20. The van der Waals surface area contributed by atoms with Crippen LogP contribution in [0.2, 0.25) is 0 Å². The molecule has 1 rings (SSSR count). The normalized spacial score (nSPS) is 12.5. The van der Waals surface area contributed by atoms with Gasteiger partial charge in [0.15, 0.2) is 0 Å². The molecule has 1 atom stereocenters. The summed E-state index contributed by atoms with van der Waals surface area (Å²) in [5, 5.41) is 2.97. The summed E-state index contributed by atoms with van der Waals surface area (Å²) in [5.74, 6) is 1.33. The van der Waals surface area contributed by atoms with E-state index in [2.05, 4.69) is 5.32 Å². The molecule has 90 valence electrons. The maximum Gasteiger partial charge on any atom is 0.254 e. The molecule has 0 fully saturated rings. The predicted molar refractivity (Wildman–Crippen MR) is 65.1 cm³/mol. The standard InChI is InChI=1S/C12H18ClNO2/c1-4-10(13)5-6-14-12(15)11-7-8(2)16-9(11)3/h7,10H,4-6H2,1-3H3,(H,14,15). The largest absolute Gasteiger partial charge is 0.466 e. The third-order valence-corrected chi connectivity index (χ3v) is 3.00. The zero-order valence-electron chi connectivity index (χ0n) is 9.97. The SMILES string of the molecule is CCC(Cl)CCNC(=O)c1cc(C)oc1C. The lowest BCUT2D eigenvalue weighted by atomic mass is 10.2. The fourth-order valence-corrected chi connectivity index (χ4v) is 1.61. The fraction of sp³-hybridized carbons (Fsp3) is 0.583. The van der Waals surface area contributed by atoms with E-state index < -0.39 is 0 Å². The Morgan fingerprint density at radius 2 is 2.25 bits per heavy atom. The molecule has 0 aliphatic rings. The summed E-state index contributed by atoms with van der Waals surface area (Å²) in [6, 6.07) is 1.75. The van der Waals surface area contributed by atoms with Crippen LogP contribution < -0.4 is 5.32 Å². The van der Waals surface area contributed by atoms with Crippen molar-refractivity contribution in [1.29, 1.82) is 0 Å². The van der Waals surface area contributed by atoms with E-state index in [1.807, 2.05) is 13.8 Å². The lowest BCUT2D eigenvalue weighted by Gasteiger charge is -2.07. The quantitative estimate of drug-likeness (QED) is 0.808. The molecule has 0 aliphatic heterocycles. The van der Waals surface area contributed by atoms with Crippen LogP contribution >= 0.6 is 11.6 Å². The van der Waals surface area contributed by atoms with E-state index in [1.54, 1.807) is 13.0 Å². The second kappa shape index (κ2) is 5.94. The highest BCUT2D eigenvalue weighted by Crippen LogP contribution is 2.13. The van der Waals surface area contributed by atoms with Gasteiger partial charge < -0.3 is 9.73 Å². The Balaban J connectivity index is 2.44. The zero-order valence-corrected chi connectivity index (χ0v) is 10.7. The second-order valence-corrected chi connectivity index (χ2v) is 4.49. The Bertz CT molecular complexity index is 360. The Kier molecular flexibility index (Phi) is 4.87. The molecule has 0 saturated carbocycles. The topological polar surface area (TPSA) is 42.2 Å². The lowest BCUT2D eigenvalue weighted by molar-refractivity contribution is 0.0951. The fourth-order valence-electron chi connectivity index (χ4n) is 1.50. The van der Waals surface area contributed by atoms with Gasteiger partial charge in [-0.3, -0.25) is 4.79 Å². The summed E-state index contributed by atoms with van der Waals surface area (Å²) in [5.41, 5.74) is 0.611. The number of amides is 1. The molecule has 0 radical (unpaired) electrons. The minimum atomic E-state index is -0.0886. The molecule has 0 aromatic carbocycles. The number of carbonyl (C=O) groups is 1. The Morgan fingerprint density at radius 3 is 2.75 bits per heavy atom.